The van der Waals surface area contributed by atoms with E-state index in [1.165, 1.54) is 83.4 Å². The van der Waals surface area contributed by atoms with Crippen molar-refractivity contribution in [1.29, 1.82) is 0 Å². The first-order valence-corrected chi connectivity index (χ1v) is 25.0. The summed E-state index contributed by atoms with van der Waals surface area (Å²) in [6.45, 7) is 8.34. The highest BCUT2D eigenvalue weighted by molar-refractivity contribution is 7.54. The fraction of sp³-hybridized carbons (Fsp3) is 0.681. The fourth-order valence-electron chi connectivity index (χ4n) is 7.83. The molecule has 1 aliphatic rings. The van der Waals surface area contributed by atoms with Gasteiger partial charge in [-0.2, -0.15) is 4.98 Å². The maximum Gasteiger partial charge on any atom is 0.380 e. The summed E-state index contributed by atoms with van der Waals surface area (Å²) in [5.74, 6) is -0.974. The lowest BCUT2D eigenvalue weighted by Crippen LogP contribution is -2.25. The number of carbonyl (C=O) groups is 2. The molecule has 0 radical (unpaired) electrons. The number of aromatic nitrogens is 4. The summed E-state index contributed by atoms with van der Waals surface area (Å²) >= 11 is 0. The number of rotatable bonds is 33. The number of para-hydroxylation sites is 1. The zero-order valence-corrected chi connectivity index (χ0v) is 38.4. The summed E-state index contributed by atoms with van der Waals surface area (Å²) in [5, 5.41) is 0. The van der Waals surface area contributed by atoms with Crippen molar-refractivity contribution in [3.8, 4) is 5.75 Å². The maximum atomic E-state index is 14.6. The van der Waals surface area contributed by atoms with Crippen LogP contribution in [-0.2, 0) is 28.2 Å². The number of nitrogen functional groups attached to an aromatic ring is 1. The number of benzene rings is 1. The van der Waals surface area contributed by atoms with Crippen LogP contribution in [0.4, 0.5) is 5.95 Å². The number of hydrogen-bond acceptors (Lipinski definition) is 11. The molecule has 3 N–H and O–H groups in total. The molecule has 2 aromatic heterocycles. The van der Waals surface area contributed by atoms with Crippen LogP contribution in [0.1, 0.15) is 163 Å². The second-order valence-electron chi connectivity index (χ2n) is 17.2. The van der Waals surface area contributed by atoms with Crippen LogP contribution >= 0.6 is 7.60 Å². The largest absolute Gasteiger partial charge is 0.465 e. The number of nitrogens with two attached hydrogens (primary N) is 1. The Hall–Kier alpha value is -3.96. The van der Waals surface area contributed by atoms with Gasteiger partial charge in [-0.05, 0) is 49.3 Å². The minimum atomic E-state index is -3.99. The van der Waals surface area contributed by atoms with Crippen LogP contribution in [0.25, 0.3) is 17.4 Å². The first-order chi connectivity index (χ1) is 29.5. The van der Waals surface area contributed by atoms with E-state index in [4.69, 9.17) is 24.3 Å². The molecular weight excluding hydrogens is 794 g/mol. The number of unbranched alkanes of at least 4 members (excludes halogenated alkanes) is 14. The zero-order chi connectivity index (χ0) is 43.9. The maximum absolute atomic E-state index is 14.6. The normalized spacial score (nSPS) is 17.1. The Balaban J connectivity index is 1.36. The van der Waals surface area contributed by atoms with Crippen LogP contribution in [0.15, 0.2) is 47.0 Å². The zero-order valence-electron chi connectivity index (χ0n) is 37.5. The second-order valence-corrected chi connectivity index (χ2v) is 19.2. The Morgan fingerprint density at radius 3 is 2.08 bits per heavy atom. The third-order valence-corrected chi connectivity index (χ3v) is 13.6. The van der Waals surface area contributed by atoms with Gasteiger partial charge in [-0.3, -0.25) is 28.5 Å². The van der Waals surface area contributed by atoms with Gasteiger partial charge in [-0.1, -0.05) is 149 Å². The molecule has 1 fully saturated rings. The Morgan fingerprint density at radius 1 is 0.869 bits per heavy atom. The molecule has 0 saturated heterocycles. The molecule has 1 unspecified atom stereocenters. The molecule has 3 aromatic rings. The summed E-state index contributed by atoms with van der Waals surface area (Å²) in [6.07, 6.45) is 26.3. The van der Waals surface area contributed by atoms with E-state index in [2.05, 4.69) is 35.7 Å². The molecule has 1 aliphatic carbocycles. The highest BCUT2D eigenvalue weighted by atomic mass is 31.2. The molecule has 340 valence electrons. The van der Waals surface area contributed by atoms with E-state index in [-0.39, 0.29) is 48.4 Å². The SMILES string of the molecule is CCCCCCCCCCCCCCCCCC(=O)OCC1(CO[P@@](=O)(C[C@@H](C)C(=O)OCC(CCC)CCC)Oc2ccccc2)C/C1=C/n1cnc2c(=O)[nH]c(N)nc21. The van der Waals surface area contributed by atoms with Crippen molar-refractivity contribution in [2.45, 2.75) is 163 Å². The standard InChI is InChI=1S/C47H74N5O8P/c1-5-8-9-10-11-12-13-14-15-16-17-18-19-20-24-29-41(53)58-34-47(30-39(47)31-52-36-49-42-43(52)50-46(48)51-44(42)54)35-59-61(56,60-40-27-22-21-23-28-40)33-37(4)45(55)57-32-38(25-6-2)26-7-3/h21-23,27-28,31,36-38H,5-20,24-26,29-30,32-35H2,1-4H3,(H3,48,50,51,54)/b39-31-/t37-,47?,61+/m1/s1. The Morgan fingerprint density at radius 2 is 1.48 bits per heavy atom. The summed E-state index contributed by atoms with van der Waals surface area (Å²) in [6, 6.07) is 8.72. The summed E-state index contributed by atoms with van der Waals surface area (Å²) in [4.78, 5) is 49.7. The lowest BCUT2D eigenvalue weighted by atomic mass is 9.99. The number of fused-ring (bicyclic) bond motifs is 1. The number of nitrogens with zero attached hydrogens (tertiary/aromatic N) is 3. The Labute approximate surface area is 363 Å². The van der Waals surface area contributed by atoms with Crippen LogP contribution in [0.5, 0.6) is 5.75 Å². The van der Waals surface area contributed by atoms with Gasteiger partial charge in [0, 0.05) is 12.6 Å². The second kappa shape index (κ2) is 26.5. The van der Waals surface area contributed by atoms with Gasteiger partial charge in [-0.15, -0.1) is 0 Å². The highest BCUT2D eigenvalue weighted by Crippen LogP contribution is 2.58. The molecule has 4 rings (SSSR count). The smallest absolute Gasteiger partial charge is 0.380 e. The van der Waals surface area contributed by atoms with Gasteiger partial charge < -0.3 is 19.7 Å². The number of carbonyl (C=O) groups excluding carboxylic acids is 2. The Kier molecular flexibility index (Phi) is 21.6. The Bertz CT molecular complexity index is 1890. The summed E-state index contributed by atoms with van der Waals surface area (Å²) in [5.41, 5.74) is 5.74. The molecule has 1 aromatic carbocycles. The number of aromatic amines is 1. The average Bonchev–Trinajstić information content (AvgIpc) is 3.77. The monoisotopic (exact) mass is 868 g/mol. The summed E-state index contributed by atoms with van der Waals surface area (Å²) < 4.78 is 40.2. The highest BCUT2D eigenvalue weighted by Gasteiger charge is 2.52. The number of anilines is 1. The van der Waals surface area contributed by atoms with E-state index in [0.717, 1.165) is 50.5 Å². The first-order valence-electron chi connectivity index (χ1n) is 23.2. The number of ether oxygens (including phenoxy) is 2. The topological polar surface area (TPSA) is 178 Å². The van der Waals surface area contributed by atoms with Gasteiger partial charge in [0.05, 0.1) is 30.7 Å². The number of nitrogens with one attached hydrogen (secondary N) is 1. The molecule has 2 heterocycles. The van der Waals surface area contributed by atoms with E-state index >= 15 is 0 Å². The van der Waals surface area contributed by atoms with Crippen LogP contribution in [0, 0.1) is 17.3 Å². The van der Waals surface area contributed by atoms with E-state index in [9.17, 15) is 18.9 Å². The predicted molar refractivity (Wildman–Crippen MR) is 243 cm³/mol. The van der Waals surface area contributed by atoms with E-state index in [0.29, 0.717) is 25.2 Å². The number of imidazole rings is 1. The van der Waals surface area contributed by atoms with Crippen molar-refractivity contribution in [2.75, 3.05) is 31.7 Å². The third-order valence-electron chi connectivity index (χ3n) is 11.6. The van der Waals surface area contributed by atoms with Gasteiger partial charge in [0.15, 0.2) is 11.2 Å². The number of esters is 2. The van der Waals surface area contributed by atoms with Crippen molar-refractivity contribution in [2.24, 2.45) is 17.3 Å². The molecule has 1 saturated carbocycles. The molecule has 0 aliphatic heterocycles. The van der Waals surface area contributed by atoms with Crippen molar-refractivity contribution in [3.05, 3.63) is 52.6 Å². The fourth-order valence-corrected chi connectivity index (χ4v) is 9.77. The van der Waals surface area contributed by atoms with Gasteiger partial charge in [-0.25, -0.2) is 9.55 Å². The molecule has 0 bridgehead atoms. The van der Waals surface area contributed by atoms with Crippen molar-refractivity contribution >= 4 is 42.8 Å². The molecule has 0 spiro atoms. The lowest BCUT2D eigenvalue weighted by molar-refractivity contribution is -0.149. The molecular formula is C47H74N5O8P. The van der Waals surface area contributed by atoms with E-state index in [1.54, 1.807) is 42.0 Å². The quantitative estimate of drug-likeness (QED) is 0.0338. The minimum absolute atomic E-state index is 0.0155. The third kappa shape index (κ3) is 17.4. The lowest BCUT2D eigenvalue weighted by Gasteiger charge is -2.25. The van der Waals surface area contributed by atoms with Crippen LogP contribution in [-0.4, -0.2) is 57.4 Å². The first kappa shape index (κ1) is 49.7. The summed E-state index contributed by atoms with van der Waals surface area (Å²) in [7, 11) is -3.99. The molecule has 14 heteroatoms. The molecule has 3 atom stereocenters. The van der Waals surface area contributed by atoms with Crippen molar-refractivity contribution < 1.29 is 32.7 Å². The van der Waals surface area contributed by atoms with Crippen molar-refractivity contribution in [3.63, 3.8) is 0 Å². The van der Waals surface area contributed by atoms with Crippen LogP contribution in [0.2, 0.25) is 0 Å². The van der Waals surface area contributed by atoms with Crippen LogP contribution in [0.3, 0.4) is 0 Å². The minimum Gasteiger partial charge on any atom is -0.465 e. The molecule has 61 heavy (non-hydrogen) atoms. The van der Waals surface area contributed by atoms with Gasteiger partial charge in [0.25, 0.3) is 5.56 Å². The van der Waals surface area contributed by atoms with E-state index in [1.807, 2.05) is 6.07 Å². The molecule has 13 nitrogen and oxygen atoms in total. The van der Waals surface area contributed by atoms with Gasteiger partial charge in [0.1, 0.15) is 18.7 Å². The van der Waals surface area contributed by atoms with Crippen LogP contribution < -0.4 is 15.8 Å². The molecule has 0 amide bonds. The predicted octanol–water partition coefficient (Wildman–Crippen LogP) is 11.4. The van der Waals surface area contributed by atoms with E-state index < -0.39 is 30.5 Å². The number of hydrogen-bond donors (Lipinski definition) is 2. The van der Waals surface area contributed by atoms with Gasteiger partial charge in [0.2, 0.25) is 5.95 Å². The van der Waals surface area contributed by atoms with Crippen molar-refractivity contribution in [1.82, 2.24) is 19.5 Å². The van der Waals surface area contributed by atoms with Gasteiger partial charge >= 0.3 is 19.5 Å². The number of H-pyrrole nitrogens is 1. The average molecular weight is 868 g/mol.